The zero-order valence-corrected chi connectivity index (χ0v) is 10.8. The number of aryl methyl sites for hydroxylation is 2. The van der Waals surface area contributed by atoms with Gasteiger partial charge in [-0.15, -0.1) is 11.3 Å². The number of anilines is 1. The zero-order valence-electron chi connectivity index (χ0n) is 9.19. The highest BCUT2D eigenvalue weighted by Crippen LogP contribution is 2.29. The van der Waals surface area contributed by atoms with Crippen LogP contribution in [0.5, 0.6) is 0 Å². The minimum absolute atomic E-state index is 0.0984. The van der Waals surface area contributed by atoms with E-state index in [1.54, 1.807) is 11.3 Å². The summed E-state index contributed by atoms with van der Waals surface area (Å²) in [5.41, 5.74) is 6.85. The zero-order chi connectivity index (χ0) is 12.3. The number of nitrogens with two attached hydrogens (primary N) is 1. The second-order valence-corrected chi connectivity index (χ2v) is 5.30. The van der Waals surface area contributed by atoms with Crippen LogP contribution in [0.2, 0.25) is 0 Å². The van der Waals surface area contributed by atoms with Gasteiger partial charge in [-0.05, 0) is 25.7 Å². The lowest BCUT2D eigenvalue weighted by atomic mass is 10.0. The van der Waals surface area contributed by atoms with Crippen molar-refractivity contribution in [2.24, 2.45) is 5.73 Å². The van der Waals surface area contributed by atoms with Crippen molar-refractivity contribution in [1.29, 1.82) is 5.26 Å². The van der Waals surface area contributed by atoms with E-state index in [2.05, 4.69) is 10.3 Å². The van der Waals surface area contributed by atoms with Crippen LogP contribution in [0.4, 0.5) is 5.13 Å². The molecule has 0 aromatic carbocycles. The van der Waals surface area contributed by atoms with E-state index in [0.29, 0.717) is 0 Å². The number of thiazole rings is 1. The molecule has 0 atom stereocenters. The van der Waals surface area contributed by atoms with Gasteiger partial charge < -0.3 is 11.1 Å². The topological polar surface area (TPSA) is 74.7 Å². The third-order valence-corrected chi connectivity index (χ3v) is 3.88. The third-order valence-electron chi connectivity index (χ3n) is 2.57. The second-order valence-electron chi connectivity index (χ2n) is 3.77. The van der Waals surface area contributed by atoms with Crippen LogP contribution in [0, 0.1) is 11.3 Å². The molecular formula is C11H12N4S2. The van der Waals surface area contributed by atoms with Crippen molar-refractivity contribution < 1.29 is 0 Å². The lowest BCUT2D eigenvalue weighted by Crippen LogP contribution is -2.11. The second kappa shape index (κ2) is 5.25. The molecule has 1 aromatic rings. The molecule has 1 heterocycles. The molecule has 4 nitrogen and oxygen atoms in total. The van der Waals surface area contributed by atoms with Crippen LogP contribution in [-0.4, -0.2) is 9.97 Å². The van der Waals surface area contributed by atoms with Crippen LogP contribution in [0.25, 0.3) is 0 Å². The molecule has 0 spiro atoms. The highest BCUT2D eigenvalue weighted by Gasteiger charge is 2.14. The van der Waals surface area contributed by atoms with E-state index in [1.165, 1.54) is 29.6 Å². The minimum atomic E-state index is 0.0984. The van der Waals surface area contributed by atoms with Gasteiger partial charge in [0.15, 0.2) is 5.13 Å². The molecule has 88 valence electrons. The van der Waals surface area contributed by atoms with Gasteiger partial charge in [0.2, 0.25) is 0 Å². The highest BCUT2D eigenvalue weighted by molar-refractivity contribution is 7.80. The van der Waals surface area contributed by atoms with Crippen LogP contribution in [0.1, 0.15) is 23.4 Å². The standard InChI is InChI=1S/C11H12N4S2/c12-5-7(10(13)16)6-14-11-15-8-3-1-2-4-9(8)17-11/h6H,1-4H2,(H2,13,16)(H,14,15). The maximum absolute atomic E-state index is 8.79. The Hall–Kier alpha value is -1.45. The first kappa shape index (κ1) is 12.0. The van der Waals surface area contributed by atoms with Crippen LogP contribution in [0.3, 0.4) is 0 Å². The first-order valence-corrected chi connectivity index (χ1v) is 6.58. The number of nitrogens with zero attached hydrogens (tertiary/aromatic N) is 2. The SMILES string of the molecule is N#CC(=CNc1nc2c(s1)CCCC2)C(N)=S. The van der Waals surface area contributed by atoms with Crippen molar-refractivity contribution in [3.8, 4) is 6.07 Å². The Labute approximate surface area is 109 Å². The molecule has 0 unspecified atom stereocenters. The van der Waals surface area contributed by atoms with Gasteiger partial charge in [0.05, 0.1) is 5.69 Å². The number of rotatable bonds is 3. The van der Waals surface area contributed by atoms with Gasteiger partial charge in [-0.3, -0.25) is 0 Å². The van der Waals surface area contributed by atoms with E-state index >= 15 is 0 Å². The molecule has 6 heteroatoms. The third kappa shape index (κ3) is 2.81. The van der Waals surface area contributed by atoms with E-state index in [0.717, 1.165) is 18.0 Å². The smallest absolute Gasteiger partial charge is 0.187 e. The Morgan fingerprint density at radius 3 is 2.94 bits per heavy atom. The van der Waals surface area contributed by atoms with Crippen molar-refractivity contribution in [3.63, 3.8) is 0 Å². The van der Waals surface area contributed by atoms with Crippen molar-refractivity contribution in [2.45, 2.75) is 25.7 Å². The number of nitrogens with one attached hydrogen (secondary N) is 1. The summed E-state index contributed by atoms with van der Waals surface area (Å²) in [6, 6.07) is 1.94. The summed E-state index contributed by atoms with van der Waals surface area (Å²) in [6.45, 7) is 0. The number of fused-ring (bicyclic) bond motifs is 1. The molecule has 0 aliphatic heterocycles. The molecule has 0 saturated heterocycles. The summed E-state index contributed by atoms with van der Waals surface area (Å²) in [5.74, 6) is 0. The van der Waals surface area contributed by atoms with Crippen LogP contribution >= 0.6 is 23.6 Å². The summed E-state index contributed by atoms with van der Waals surface area (Å²) in [4.78, 5) is 5.93. The van der Waals surface area contributed by atoms with E-state index in [-0.39, 0.29) is 10.6 Å². The van der Waals surface area contributed by atoms with E-state index in [4.69, 9.17) is 23.2 Å². The fourth-order valence-corrected chi connectivity index (χ4v) is 2.83. The molecule has 1 aliphatic carbocycles. The van der Waals surface area contributed by atoms with Crippen molar-refractivity contribution >= 4 is 33.7 Å². The quantitative estimate of drug-likeness (QED) is 0.497. The van der Waals surface area contributed by atoms with Crippen LogP contribution < -0.4 is 11.1 Å². The molecule has 0 amide bonds. The summed E-state index contributed by atoms with van der Waals surface area (Å²) < 4.78 is 0. The van der Waals surface area contributed by atoms with Gasteiger partial charge in [0, 0.05) is 11.1 Å². The normalized spacial score (nSPS) is 14.9. The molecular weight excluding hydrogens is 252 g/mol. The summed E-state index contributed by atoms with van der Waals surface area (Å²) >= 11 is 6.39. The Balaban J connectivity index is 2.12. The van der Waals surface area contributed by atoms with Crippen molar-refractivity contribution in [2.75, 3.05) is 5.32 Å². The van der Waals surface area contributed by atoms with Crippen LogP contribution in [-0.2, 0) is 12.8 Å². The maximum atomic E-state index is 8.79. The molecule has 1 aliphatic rings. The van der Waals surface area contributed by atoms with Crippen LogP contribution in [0.15, 0.2) is 11.8 Å². The molecule has 17 heavy (non-hydrogen) atoms. The number of aromatic nitrogens is 1. The van der Waals surface area contributed by atoms with Gasteiger partial charge in [-0.2, -0.15) is 5.26 Å². The number of hydrogen-bond donors (Lipinski definition) is 2. The lowest BCUT2D eigenvalue weighted by molar-refractivity contribution is 0.683. The number of hydrogen-bond acceptors (Lipinski definition) is 5. The Morgan fingerprint density at radius 1 is 1.53 bits per heavy atom. The first-order chi connectivity index (χ1) is 8.20. The summed E-state index contributed by atoms with van der Waals surface area (Å²) in [6.07, 6.45) is 6.13. The highest BCUT2D eigenvalue weighted by atomic mass is 32.1. The predicted molar refractivity (Wildman–Crippen MR) is 72.9 cm³/mol. The molecule has 1 aromatic heterocycles. The monoisotopic (exact) mass is 264 g/mol. The Morgan fingerprint density at radius 2 is 2.29 bits per heavy atom. The van der Waals surface area contributed by atoms with Gasteiger partial charge in [-0.1, -0.05) is 12.2 Å². The van der Waals surface area contributed by atoms with Gasteiger partial charge in [0.1, 0.15) is 16.6 Å². The molecule has 2 rings (SSSR count). The Kier molecular flexibility index (Phi) is 3.71. The lowest BCUT2D eigenvalue weighted by Gasteiger charge is -2.06. The van der Waals surface area contributed by atoms with Gasteiger partial charge in [0.25, 0.3) is 0 Å². The van der Waals surface area contributed by atoms with E-state index in [1.807, 2.05) is 6.07 Å². The van der Waals surface area contributed by atoms with Gasteiger partial charge >= 0.3 is 0 Å². The molecule has 0 saturated carbocycles. The fraction of sp³-hybridized carbons (Fsp3) is 0.364. The Bertz CT molecular complexity index is 487. The largest absolute Gasteiger partial charge is 0.389 e. The van der Waals surface area contributed by atoms with E-state index in [9.17, 15) is 0 Å². The number of thiocarbonyl (C=S) groups is 1. The molecule has 0 bridgehead atoms. The van der Waals surface area contributed by atoms with Crippen molar-refractivity contribution in [3.05, 3.63) is 22.3 Å². The number of nitriles is 1. The fourth-order valence-electron chi connectivity index (χ4n) is 1.71. The average Bonchev–Trinajstić information content (AvgIpc) is 2.71. The molecule has 3 N–H and O–H groups in total. The predicted octanol–water partition coefficient (Wildman–Crippen LogP) is 2.13. The van der Waals surface area contributed by atoms with Crippen molar-refractivity contribution in [1.82, 2.24) is 4.98 Å². The van der Waals surface area contributed by atoms with Gasteiger partial charge in [-0.25, -0.2) is 4.98 Å². The summed E-state index contributed by atoms with van der Waals surface area (Å²) in [5, 5.41) is 12.6. The minimum Gasteiger partial charge on any atom is -0.389 e. The first-order valence-electron chi connectivity index (χ1n) is 5.36. The maximum Gasteiger partial charge on any atom is 0.187 e. The average molecular weight is 264 g/mol. The molecule has 0 fully saturated rings. The molecule has 0 radical (unpaired) electrons. The van der Waals surface area contributed by atoms with E-state index < -0.39 is 0 Å². The summed E-state index contributed by atoms with van der Waals surface area (Å²) in [7, 11) is 0.